The molecule has 1 aliphatic heterocycles. The number of esters is 1. The number of ketones is 1. The molecule has 0 aromatic heterocycles. The number of hydrazine groups is 1. The average molecular weight is 606 g/mol. The zero-order valence-electron chi connectivity index (χ0n) is 26.2. The Hall–Kier alpha value is -3.60. The van der Waals surface area contributed by atoms with E-state index < -0.39 is 40.9 Å². The number of rotatable bonds is 13. The second-order valence-electron chi connectivity index (χ2n) is 13.0. The van der Waals surface area contributed by atoms with Crippen LogP contribution in [0.2, 0.25) is 0 Å². The fourth-order valence-electron chi connectivity index (χ4n) is 6.01. The number of anilines is 1. The molecule has 0 unspecified atom stereocenters. The first-order valence-corrected chi connectivity index (χ1v) is 15.7. The summed E-state index contributed by atoms with van der Waals surface area (Å²) in [5, 5.41) is 4.21. The van der Waals surface area contributed by atoms with E-state index in [1.54, 1.807) is 20.8 Å². The molecule has 10 heteroatoms. The van der Waals surface area contributed by atoms with Gasteiger partial charge in [0.15, 0.2) is 0 Å². The largest absolute Gasteiger partial charge is 0.458 e. The van der Waals surface area contributed by atoms with E-state index in [1.807, 2.05) is 48.5 Å². The third kappa shape index (κ3) is 8.11. The van der Waals surface area contributed by atoms with Crippen molar-refractivity contribution in [1.29, 1.82) is 0 Å². The summed E-state index contributed by atoms with van der Waals surface area (Å²) in [7, 11) is 0. The lowest BCUT2D eigenvalue weighted by Gasteiger charge is -2.37. The number of nitrogens with two attached hydrogens (primary N) is 2. The molecule has 0 bridgehead atoms. The van der Waals surface area contributed by atoms with Crippen LogP contribution in [-0.4, -0.2) is 58.8 Å². The van der Waals surface area contributed by atoms with Gasteiger partial charge >= 0.3 is 5.97 Å². The van der Waals surface area contributed by atoms with Crippen LogP contribution in [0.25, 0.3) is 0 Å². The maximum absolute atomic E-state index is 14.3. The van der Waals surface area contributed by atoms with Gasteiger partial charge in [0.25, 0.3) is 11.8 Å². The maximum Gasteiger partial charge on any atom is 0.338 e. The number of hydrogen-bond donors (Lipinski definition) is 4. The highest BCUT2D eigenvalue weighted by Crippen LogP contribution is 2.37. The van der Waals surface area contributed by atoms with Crippen LogP contribution in [0.15, 0.2) is 48.5 Å². The summed E-state index contributed by atoms with van der Waals surface area (Å²) in [6.07, 6.45) is 5.30. The Kier molecular flexibility index (Phi) is 10.9. The molecule has 238 valence electrons. The van der Waals surface area contributed by atoms with Crippen LogP contribution in [0.4, 0.5) is 5.69 Å². The molecule has 44 heavy (non-hydrogen) atoms. The Morgan fingerprint density at radius 1 is 1.05 bits per heavy atom. The SMILES string of the molecule is CC(C)(C)OC(=O)[C@@]1(C(=O)Nc2ccc3c(c2)CCC3)C[C@H](C(=O)CCCc2ccccc2)CN1NC(=O)[C@H](N)CCCN. The minimum Gasteiger partial charge on any atom is -0.458 e. The van der Waals surface area contributed by atoms with Gasteiger partial charge in [0, 0.05) is 24.6 Å². The molecule has 0 saturated carbocycles. The van der Waals surface area contributed by atoms with Crippen molar-refractivity contribution in [3.63, 3.8) is 0 Å². The van der Waals surface area contributed by atoms with Crippen molar-refractivity contribution < 1.29 is 23.9 Å². The lowest BCUT2D eigenvalue weighted by Crippen LogP contribution is -2.66. The third-order valence-corrected chi connectivity index (χ3v) is 8.36. The second-order valence-corrected chi connectivity index (χ2v) is 13.0. The first-order valence-electron chi connectivity index (χ1n) is 15.7. The van der Waals surface area contributed by atoms with Gasteiger partial charge in [0.1, 0.15) is 11.4 Å². The lowest BCUT2D eigenvalue weighted by atomic mass is 9.87. The van der Waals surface area contributed by atoms with Crippen molar-refractivity contribution in [1.82, 2.24) is 10.4 Å². The fourth-order valence-corrected chi connectivity index (χ4v) is 6.01. The van der Waals surface area contributed by atoms with Crippen molar-refractivity contribution in [2.75, 3.05) is 18.4 Å². The van der Waals surface area contributed by atoms with Crippen molar-refractivity contribution in [2.24, 2.45) is 17.4 Å². The lowest BCUT2D eigenvalue weighted by molar-refractivity contribution is -0.173. The molecular formula is C34H47N5O5. The fraction of sp³-hybridized carbons (Fsp3) is 0.529. The third-order valence-electron chi connectivity index (χ3n) is 8.36. The number of hydrogen-bond acceptors (Lipinski definition) is 8. The van der Waals surface area contributed by atoms with Gasteiger partial charge in [-0.1, -0.05) is 36.4 Å². The summed E-state index contributed by atoms with van der Waals surface area (Å²) in [5.74, 6) is -2.83. The number of nitrogens with zero attached hydrogens (tertiary/aromatic N) is 1. The smallest absolute Gasteiger partial charge is 0.338 e. The van der Waals surface area contributed by atoms with Crippen molar-refractivity contribution in [3.8, 4) is 0 Å². The molecule has 1 fully saturated rings. The molecule has 1 aliphatic carbocycles. The van der Waals surface area contributed by atoms with Crippen molar-refractivity contribution >= 4 is 29.3 Å². The van der Waals surface area contributed by atoms with Crippen LogP contribution in [0.1, 0.15) is 76.0 Å². The van der Waals surface area contributed by atoms with Gasteiger partial charge in [-0.2, -0.15) is 5.01 Å². The summed E-state index contributed by atoms with van der Waals surface area (Å²) in [6, 6.07) is 14.7. The number of carbonyl (C=O) groups excluding carboxylic acids is 4. The van der Waals surface area contributed by atoms with Gasteiger partial charge in [-0.3, -0.25) is 19.8 Å². The Morgan fingerprint density at radius 2 is 1.77 bits per heavy atom. The van der Waals surface area contributed by atoms with Crippen LogP contribution < -0.4 is 22.2 Å². The van der Waals surface area contributed by atoms with Gasteiger partial charge in [-0.25, -0.2) is 4.79 Å². The van der Waals surface area contributed by atoms with Crippen LogP contribution in [0.5, 0.6) is 0 Å². The Balaban J connectivity index is 1.63. The van der Waals surface area contributed by atoms with E-state index in [9.17, 15) is 19.2 Å². The predicted octanol–water partition coefficient (Wildman–Crippen LogP) is 3.21. The number of Topliss-reactive ketones (excluding diaryl/α,β-unsaturated/α-hetero) is 1. The van der Waals surface area contributed by atoms with Gasteiger partial charge in [-0.05, 0) is 108 Å². The molecule has 2 aromatic carbocycles. The molecule has 10 nitrogen and oxygen atoms in total. The zero-order chi connectivity index (χ0) is 31.9. The van der Waals surface area contributed by atoms with E-state index in [0.29, 0.717) is 31.5 Å². The molecule has 2 aromatic rings. The summed E-state index contributed by atoms with van der Waals surface area (Å²) in [4.78, 5) is 55.2. The Labute approximate surface area is 260 Å². The molecule has 0 spiro atoms. The molecule has 0 radical (unpaired) electrons. The van der Waals surface area contributed by atoms with Gasteiger partial charge in [-0.15, -0.1) is 0 Å². The molecule has 2 amide bonds. The molecular weight excluding hydrogens is 558 g/mol. The second kappa shape index (κ2) is 14.5. The van der Waals surface area contributed by atoms with E-state index in [2.05, 4.69) is 10.7 Å². The van der Waals surface area contributed by atoms with Crippen LogP contribution in [-0.2, 0) is 43.2 Å². The molecule has 2 aliphatic rings. The number of amides is 2. The Bertz CT molecular complexity index is 1340. The Morgan fingerprint density at radius 3 is 2.48 bits per heavy atom. The quantitative estimate of drug-likeness (QED) is 0.200. The first-order chi connectivity index (χ1) is 20.9. The number of fused-ring (bicyclic) bond motifs is 1. The maximum atomic E-state index is 14.3. The highest BCUT2D eigenvalue weighted by molar-refractivity contribution is 6.14. The van der Waals surface area contributed by atoms with E-state index in [4.69, 9.17) is 16.2 Å². The van der Waals surface area contributed by atoms with Gasteiger partial charge < -0.3 is 21.5 Å². The van der Waals surface area contributed by atoms with E-state index in [0.717, 1.165) is 36.8 Å². The topological polar surface area (TPSA) is 157 Å². The van der Waals surface area contributed by atoms with E-state index in [1.165, 1.54) is 10.6 Å². The van der Waals surface area contributed by atoms with Crippen molar-refractivity contribution in [2.45, 2.75) is 95.7 Å². The number of carbonyl (C=O) groups is 4. The molecule has 3 atom stereocenters. The van der Waals surface area contributed by atoms with Crippen LogP contribution >= 0.6 is 0 Å². The molecule has 1 saturated heterocycles. The van der Waals surface area contributed by atoms with Crippen LogP contribution in [0.3, 0.4) is 0 Å². The summed E-state index contributed by atoms with van der Waals surface area (Å²) in [6.45, 7) is 5.48. The predicted molar refractivity (Wildman–Crippen MR) is 169 cm³/mol. The van der Waals surface area contributed by atoms with Gasteiger partial charge in [0.2, 0.25) is 5.54 Å². The highest BCUT2D eigenvalue weighted by atomic mass is 16.6. The number of aryl methyl sites for hydroxylation is 3. The number of ether oxygens (including phenoxy) is 1. The first kappa shape index (κ1) is 33.3. The number of benzene rings is 2. The molecule has 1 heterocycles. The van der Waals surface area contributed by atoms with E-state index >= 15 is 0 Å². The summed E-state index contributed by atoms with van der Waals surface area (Å²) < 4.78 is 5.81. The van der Waals surface area contributed by atoms with Crippen molar-refractivity contribution in [3.05, 3.63) is 65.2 Å². The summed E-state index contributed by atoms with van der Waals surface area (Å²) in [5.41, 5.74) is 15.6. The minimum atomic E-state index is -1.99. The van der Waals surface area contributed by atoms with Gasteiger partial charge in [0.05, 0.1) is 6.04 Å². The normalized spacial score (nSPS) is 20.5. The monoisotopic (exact) mass is 605 g/mol. The zero-order valence-corrected chi connectivity index (χ0v) is 26.2. The molecule has 6 N–H and O–H groups in total. The highest BCUT2D eigenvalue weighted by Gasteiger charge is 2.61. The summed E-state index contributed by atoms with van der Waals surface area (Å²) >= 11 is 0. The standard InChI is InChI=1S/C34H47N5O5/c1-33(2,3)44-32(43)34(31(42)37-27-18-17-24-13-8-14-25(24)20-27)21-26(22-39(34)38-30(41)28(36)15-9-19-35)29(40)16-7-12-23-10-5-4-6-11-23/h4-6,10-11,17-18,20,26,28H,7-9,12-16,19,21-22,35-36H2,1-3H3,(H,37,42)(H,38,41)/t26-,28+,34-/m0/s1. The number of nitrogens with one attached hydrogen (secondary N) is 2. The minimum absolute atomic E-state index is 0.0314. The molecule has 4 rings (SSSR count). The van der Waals surface area contributed by atoms with E-state index in [-0.39, 0.29) is 25.2 Å². The van der Waals surface area contributed by atoms with Crippen LogP contribution in [0, 0.1) is 5.92 Å². The average Bonchev–Trinajstić information content (AvgIpc) is 3.61.